The molecular formula is C21H18Cl3NO. The highest BCUT2D eigenvalue weighted by atomic mass is 35.5. The minimum absolute atomic E-state index is 0.378. The number of halogens is 3. The molecule has 3 aromatic rings. The van der Waals surface area contributed by atoms with Crippen LogP contribution in [0.5, 0.6) is 5.75 Å². The molecule has 0 amide bonds. The maximum Gasteiger partial charge on any atom is 0.124 e. The van der Waals surface area contributed by atoms with E-state index in [9.17, 15) is 0 Å². The van der Waals surface area contributed by atoms with Gasteiger partial charge in [-0.1, -0.05) is 65.1 Å². The van der Waals surface area contributed by atoms with Crippen LogP contribution in [0.1, 0.15) is 16.7 Å². The van der Waals surface area contributed by atoms with E-state index in [1.807, 2.05) is 61.5 Å². The quantitative estimate of drug-likeness (QED) is 0.469. The summed E-state index contributed by atoms with van der Waals surface area (Å²) in [5.41, 5.74) is 4.09. The van der Waals surface area contributed by atoms with Crippen LogP contribution in [0.3, 0.4) is 0 Å². The molecule has 134 valence electrons. The molecule has 0 fully saturated rings. The summed E-state index contributed by atoms with van der Waals surface area (Å²) >= 11 is 18.2. The average Bonchev–Trinajstić information content (AvgIpc) is 2.62. The molecule has 0 saturated heterocycles. The first-order chi connectivity index (χ1) is 12.5. The van der Waals surface area contributed by atoms with Gasteiger partial charge in [0.25, 0.3) is 0 Å². The van der Waals surface area contributed by atoms with Crippen LogP contribution in [-0.2, 0) is 13.2 Å². The molecule has 0 aliphatic heterocycles. The first kappa shape index (κ1) is 18.9. The van der Waals surface area contributed by atoms with Crippen molar-refractivity contribution in [3.8, 4) is 5.75 Å². The number of para-hydroxylation sites is 1. The summed E-state index contributed by atoms with van der Waals surface area (Å²) in [5, 5.41) is 5.34. The Morgan fingerprint density at radius 2 is 1.58 bits per heavy atom. The Labute approximate surface area is 168 Å². The summed E-state index contributed by atoms with van der Waals surface area (Å²) in [6.07, 6.45) is 0. The second-order valence-electron chi connectivity index (χ2n) is 5.94. The predicted octanol–water partition coefficient (Wildman–Crippen LogP) is 7.15. The molecule has 0 heterocycles. The van der Waals surface area contributed by atoms with Crippen molar-refractivity contribution in [2.24, 2.45) is 0 Å². The van der Waals surface area contributed by atoms with Gasteiger partial charge in [0.15, 0.2) is 0 Å². The van der Waals surface area contributed by atoms with Crippen molar-refractivity contribution in [1.82, 2.24) is 0 Å². The Kier molecular flexibility index (Phi) is 6.31. The Morgan fingerprint density at radius 1 is 0.846 bits per heavy atom. The summed E-state index contributed by atoms with van der Waals surface area (Å²) in [6, 6.07) is 19.1. The third kappa shape index (κ3) is 4.85. The van der Waals surface area contributed by atoms with E-state index in [0.29, 0.717) is 28.2 Å². The second-order valence-corrected chi connectivity index (χ2v) is 7.22. The molecule has 2 nitrogen and oxygen atoms in total. The molecule has 0 unspecified atom stereocenters. The van der Waals surface area contributed by atoms with Crippen molar-refractivity contribution >= 4 is 40.5 Å². The number of nitrogens with one attached hydrogen (secondary N) is 1. The zero-order valence-corrected chi connectivity index (χ0v) is 16.5. The second kappa shape index (κ2) is 8.68. The molecule has 0 radical (unpaired) electrons. The molecule has 1 N–H and O–H groups in total. The third-order valence-corrected chi connectivity index (χ3v) is 4.86. The highest BCUT2D eigenvalue weighted by Gasteiger charge is 2.07. The maximum absolute atomic E-state index is 6.22. The van der Waals surface area contributed by atoms with Crippen LogP contribution in [0, 0.1) is 6.92 Å². The Morgan fingerprint density at radius 3 is 2.38 bits per heavy atom. The van der Waals surface area contributed by atoms with Crippen LogP contribution in [0.2, 0.25) is 15.1 Å². The Balaban J connectivity index is 1.70. The highest BCUT2D eigenvalue weighted by Crippen LogP contribution is 2.26. The number of hydrogen-bond acceptors (Lipinski definition) is 2. The monoisotopic (exact) mass is 405 g/mol. The van der Waals surface area contributed by atoms with Gasteiger partial charge in [0.2, 0.25) is 0 Å². The van der Waals surface area contributed by atoms with Gasteiger partial charge in [-0.05, 0) is 42.8 Å². The lowest BCUT2D eigenvalue weighted by atomic mass is 10.1. The number of aryl methyl sites for hydroxylation is 1. The zero-order valence-electron chi connectivity index (χ0n) is 14.2. The summed E-state index contributed by atoms with van der Waals surface area (Å²) in [7, 11) is 0. The van der Waals surface area contributed by atoms with E-state index >= 15 is 0 Å². The van der Waals surface area contributed by atoms with Gasteiger partial charge >= 0.3 is 0 Å². The average molecular weight is 407 g/mol. The lowest BCUT2D eigenvalue weighted by Gasteiger charge is -2.15. The van der Waals surface area contributed by atoms with Gasteiger partial charge in [0, 0.05) is 38.4 Å². The fourth-order valence-corrected chi connectivity index (χ4v) is 3.20. The van der Waals surface area contributed by atoms with Crippen molar-refractivity contribution in [1.29, 1.82) is 0 Å². The van der Waals surface area contributed by atoms with Crippen molar-refractivity contribution in [3.63, 3.8) is 0 Å². The van der Waals surface area contributed by atoms with Crippen LogP contribution in [-0.4, -0.2) is 0 Å². The molecule has 5 heteroatoms. The van der Waals surface area contributed by atoms with E-state index < -0.39 is 0 Å². The smallest absolute Gasteiger partial charge is 0.124 e. The molecule has 3 rings (SSSR count). The number of rotatable bonds is 6. The van der Waals surface area contributed by atoms with E-state index in [2.05, 4.69) is 5.32 Å². The summed E-state index contributed by atoms with van der Waals surface area (Å²) in [5.74, 6) is 0.811. The van der Waals surface area contributed by atoms with Crippen LogP contribution in [0.15, 0.2) is 60.7 Å². The van der Waals surface area contributed by atoms with E-state index in [4.69, 9.17) is 39.5 Å². The largest absolute Gasteiger partial charge is 0.488 e. The minimum atomic E-state index is 0.378. The zero-order chi connectivity index (χ0) is 18.5. The molecule has 0 saturated carbocycles. The highest BCUT2D eigenvalue weighted by molar-refractivity contribution is 6.35. The van der Waals surface area contributed by atoms with Crippen LogP contribution in [0.4, 0.5) is 5.69 Å². The normalized spacial score (nSPS) is 10.6. The summed E-state index contributed by atoms with van der Waals surface area (Å²) < 4.78 is 5.99. The van der Waals surface area contributed by atoms with Crippen molar-refractivity contribution < 1.29 is 4.74 Å². The molecule has 0 atom stereocenters. The van der Waals surface area contributed by atoms with Crippen LogP contribution < -0.4 is 10.1 Å². The van der Waals surface area contributed by atoms with Crippen LogP contribution in [0.25, 0.3) is 0 Å². The van der Waals surface area contributed by atoms with Crippen LogP contribution >= 0.6 is 34.8 Å². The SMILES string of the molecule is Cc1ccc(Cl)cc1NCc1ccccc1OCc1ccc(Cl)cc1Cl. The first-order valence-electron chi connectivity index (χ1n) is 8.17. The maximum atomic E-state index is 6.22. The molecule has 0 aliphatic rings. The van der Waals surface area contributed by atoms with Gasteiger partial charge in [-0.25, -0.2) is 0 Å². The van der Waals surface area contributed by atoms with Crippen molar-refractivity contribution in [3.05, 3.63) is 92.4 Å². The number of anilines is 1. The van der Waals surface area contributed by atoms with Gasteiger partial charge in [-0.2, -0.15) is 0 Å². The van der Waals surface area contributed by atoms with Gasteiger partial charge in [0.1, 0.15) is 12.4 Å². The molecule has 26 heavy (non-hydrogen) atoms. The van der Waals surface area contributed by atoms with Gasteiger partial charge in [-0.3, -0.25) is 0 Å². The van der Waals surface area contributed by atoms with Crippen molar-refractivity contribution in [2.45, 2.75) is 20.1 Å². The molecule has 0 bridgehead atoms. The van der Waals surface area contributed by atoms with E-state index in [1.165, 1.54) is 0 Å². The Bertz CT molecular complexity index is 912. The van der Waals surface area contributed by atoms with E-state index in [0.717, 1.165) is 28.1 Å². The molecular weight excluding hydrogens is 389 g/mol. The van der Waals surface area contributed by atoms with Gasteiger partial charge in [0.05, 0.1) is 0 Å². The lowest BCUT2D eigenvalue weighted by molar-refractivity contribution is 0.303. The number of ether oxygens (including phenoxy) is 1. The molecule has 0 aromatic heterocycles. The summed E-state index contributed by atoms with van der Waals surface area (Å²) in [6.45, 7) is 3.05. The van der Waals surface area contributed by atoms with Crippen molar-refractivity contribution in [2.75, 3.05) is 5.32 Å². The number of hydrogen-bond donors (Lipinski definition) is 1. The lowest BCUT2D eigenvalue weighted by Crippen LogP contribution is -2.04. The van der Waals surface area contributed by atoms with E-state index in [-0.39, 0.29) is 0 Å². The standard InChI is InChI=1S/C21H18Cl3NO/c1-14-6-8-18(23)11-20(14)25-12-15-4-2-3-5-21(15)26-13-16-7-9-17(22)10-19(16)24/h2-11,25H,12-13H2,1H3. The Hall–Kier alpha value is -1.87. The minimum Gasteiger partial charge on any atom is -0.488 e. The molecule has 0 spiro atoms. The topological polar surface area (TPSA) is 21.3 Å². The fourth-order valence-electron chi connectivity index (χ4n) is 2.56. The van der Waals surface area contributed by atoms with E-state index in [1.54, 1.807) is 6.07 Å². The summed E-state index contributed by atoms with van der Waals surface area (Å²) in [4.78, 5) is 0. The number of benzene rings is 3. The molecule has 3 aromatic carbocycles. The van der Waals surface area contributed by atoms with Gasteiger partial charge in [-0.15, -0.1) is 0 Å². The predicted molar refractivity (Wildman–Crippen MR) is 111 cm³/mol. The fraction of sp³-hybridized carbons (Fsp3) is 0.143. The van der Waals surface area contributed by atoms with Gasteiger partial charge < -0.3 is 10.1 Å². The first-order valence-corrected chi connectivity index (χ1v) is 9.31. The third-order valence-electron chi connectivity index (χ3n) is 4.04. The molecule has 0 aliphatic carbocycles.